The number of hydrogen-bond donors (Lipinski definition) is 1. The molecule has 1 N–H and O–H groups in total. The molecule has 1 aliphatic rings. The summed E-state index contributed by atoms with van der Waals surface area (Å²) in [5, 5.41) is 6.73. The lowest BCUT2D eigenvalue weighted by molar-refractivity contribution is 0.202. The van der Waals surface area contributed by atoms with Crippen LogP contribution in [0, 0.1) is 0 Å². The van der Waals surface area contributed by atoms with Gasteiger partial charge in [-0.25, -0.2) is 4.79 Å². The van der Waals surface area contributed by atoms with Crippen molar-refractivity contribution in [3.05, 3.63) is 47.3 Å². The number of urea groups is 1. The maximum Gasteiger partial charge on any atom is 0.322 e. The summed E-state index contributed by atoms with van der Waals surface area (Å²) in [5.41, 5.74) is 3.16. The van der Waals surface area contributed by atoms with Crippen molar-refractivity contribution in [3.63, 3.8) is 0 Å². The average molecular weight is 299 g/mol. The molecule has 22 heavy (non-hydrogen) atoms. The van der Waals surface area contributed by atoms with Crippen LogP contribution in [0.1, 0.15) is 37.7 Å². The lowest BCUT2D eigenvalue weighted by atomic mass is 9.87. The van der Waals surface area contributed by atoms with Gasteiger partial charge in [-0.1, -0.05) is 38.1 Å². The van der Waals surface area contributed by atoms with Crippen molar-refractivity contribution in [2.75, 3.05) is 11.9 Å². The molecule has 2 amide bonds. The van der Waals surface area contributed by atoms with E-state index in [0.717, 1.165) is 17.0 Å². The Morgan fingerprint density at radius 3 is 2.68 bits per heavy atom. The zero-order chi connectivity index (χ0) is 15.7. The molecule has 5 nitrogen and oxygen atoms in total. The molecule has 0 fully saturated rings. The molecule has 0 aliphatic carbocycles. The van der Waals surface area contributed by atoms with E-state index in [-0.39, 0.29) is 11.4 Å². The number of nitrogens with one attached hydrogen (secondary N) is 1. The van der Waals surface area contributed by atoms with E-state index in [4.69, 9.17) is 4.52 Å². The van der Waals surface area contributed by atoms with Gasteiger partial charge in [0.1, 0.15) is 5.76 Å². The minimum Gasteiger partial charge on any atom is -0.361 e. The van der Waals surface area contributed by atoms with Gasteiger partial charge in [-0.2, -0.15) is 0 Å². The van der Waals surface area contributed by atoms with Gasteiger partial charge in [-0.05, 0) is 23.1 Å². The van der Waals surface area contributed by atoms with Crippen LogP contribution in [0.5, 0.6) is 0 Å². The number of rotatable bonds is 1. The van der Waals surface area contributed by atoms with Gasteiger partial charge in [0.05, 0.1) is 12.7 Å². The predicted molar refractivity (Wildman–Crippen MR) is 84.8 cm³/mol. The molecule has 0 unspecified atom stereocenters. The summed E-state index contributed by atoms with van der Waals surface area (Å²) in [7, 11) is 0. The number of benzene rings is 1. The second-order valence-electron chi connectivity index (χ2n) is 6.70. The molecule has 0 bridgehead atoms. The number of carbonyl (C=O) groups is 1. The Morgan fingerprint density at radius 1 is 1.27 bits per heavy atom. The molecule has 2 heterocycles. The Balaban J connectivity index is 1.65. The number of carbonyl (C=O) groups excluding carboxylic acids is 1. The summed E-state index contributed by atoms with van der Waals surface area (Å²) in [6.07, 6.45) is 2.40. The van der Waals surface area contributed by atoms with E-state index in [1.165, 1.54) is 5.56 Å². The fourth-order valence-electron chi connectivity index (χ4n) is 2.57. The number of amides is 2. The summed E-state index contributed by atoms with van der Waals surface area (Å²) >= 11 is 0. The van der Waals surface area contributed by atoms with Crippen LogP contribution in [-0.4, -0.2) is 22.6 Å². The van der Waals surface area contributed by atoms with Crippen molar-refractivity contribution in [2.45, 2.75) is 39.2 Å². The molecular weight excluding hydrogens is 278 g/mol. The third kappa shape index (κ3) is 2.98. The molecule has 3 rings (SSSR count). The second kappa shape index (κ2) is 5.48. The van der Waals surface area contributed by atoms with Crippen molar-refractivity contribution in [3.8, 4) is 0 Å². The Labute approximate surface area is 130 Å². The molecule has 0 saturated carbocycles. The quantitative estimate of drug-likeness (QED) is 0.876. The van der Waals surface area contributed by atoms with Crippen molar-refractivity contribution >= 4 is 11.7 Å². The summed E-state index contributed by atoms with van der Waals surface area (Å²) in [6.45, 7) is 7.71. The maximum atomic E-state index is 12.3. The van der Waals surface area contributed by atoms with E-state index in [0.29, 0.717) is 19.5 Å². The van der Waals surface area contributed by atoms with Gasteiger partial charge in [-0.15, -0.1) is 0 Å². The number of nitrogens with zero attached hydrogens (tertiary/aromatic N) is 2. The second-order valence-corrected chi connectivity index (χ2v) is 6.70. The Bertz CT molecular complexity index is 668. The van der Waals surface area contributed by atoms with Gasteiger partial charge in [0.25, 0.3) is 0 Å². The van der Waals surface area contributed by atoms with Crippen LogP contribution in [0.3, 0.4) is 0 Å². The summed E-state index contributed by atoms with van der Waals surface area (Å²) < 4.78 is 5.14. The molecule has 1 aromatic carbocycles. The highest BCUT2D eigenvalue weighted by atomic mass is 16.5. The average Bonchev–Trinajstić information content (AvgIpc) is 2.94. The van der Waals surface area contributed by atoms with Gasteiger partial charge in [0, 0.05) is 24.2 Å². The predicted octanol–water partition coefficient (Wildman–Crippen LogP) is 3.56. The molecule has 0 saturated heterocycles. The fraction of sp³-hybridized carbons (Fsp3) is 0.412. The molecule has 1 aromatic heterocycles. The zero-order valence-electron chi connectivity index (χ0n) is 13.2. The molecule has 1 aliphatic heterocycles. The Hall–Kier alpha value is -2.30. The molecule has 0 radical (unpaired) electrons. The van der Waals surface area contributed by atoms with Crippen LogP contribution in [0.4, 0.5) is 10.5 Å². The van der Waals surface area contributed by atoms with Crippen LogP contribution in [0.2, 0.25) is 0 Å². The van der Waals surface area contributed by atoms with Gasteiger partial charge < -0.3 is 14.7 Å². The van der Waals surface area contributed by atoms with Crippen molar-refractivity contribution < 1.29 is 9.32 Å². The van der Waals surface area contributed by atoms with Crippen LogP contribution in [0.25, 0.3) is 0 Å². The SMILES string of the molecule is CC(C)(C)c1ccc(NC(=O)N2CCc3oncc3C2)cc1. The van der Waals surface area contributed by atoms with E-state index in [2.05, 4.69) is 43.4 Å². The van der Waals surface area contributed by atoms with Gasteiger partial charge in [-0.3, -0.25) is 0 Å². The molecular formula is C17H21N3O2. The highest BCUT2D eigenvalue weighted by Crippen LogP contribution is 2.24. The van der Waals surface area contributed by atoms with Crippen LogP contribution >= 0.6 is 0 Å². The Morgan fingerprint density at radius 2 is 2.00 bits per heavy atom. The highest BCUT2D eigenvalue weighted by Gasteiger charge is 2.23. The topological polar surface area (TPSA) is 58.4 Å². The molecule has 0 spiro atoms. The first kappa shape index (κ1) is 14.6. The maximum absolute atomic E-state index is 12.3. The minimum atomic E-state index is -0.0876. The fourth-order valence-corrected chi connectivity index (χ4v) is 2.57. The van der Waals surface area contributed by atoms with E-state index < -0.39 is 0 Å². The van der Waals surface area contributed by atoms with Crippen LogP contribution in [0.15, 0.2) is 35.0 Å². The lowest BCUT2D eigenvalue weighted by Gasteiger charge is -2.26. The zero-order valence-corrected chi connectivity index (χ0v) is 13.2. The number of hydrogen-bond acceptors (Lipinski definition) is 3. The van der Waals surface area contributed by atoms with Crippen molar-refractivity contribution in [2.24, 2.45) is 0 Å². The van der Waals surface area contributed by atoms with Gasteiger partial charge in [0.2, 0.25) is 0 Å². The number of fused-ring (bicyclic) bond motifs is 1. The largest absolute Gasteiger partial charge is 0.361 e. The standard InChI is InChI=1S/C17H21N3O2/c1-17(2,3)13-4-6-14(7-5-13)19-16(21)20-9-8-15-12(11-20)10-18-22-15/h4-7,10H,8-9,11H2,1-3H3,(H,19,21). The number of anilines is 1. The Kier molecular flexibility index (Phi) is 3.64. The molecule has 5 heteroatoms. The van der Waals surface area contributed by atoms with Crippen LogP contribution in [-0.2, 0) is 18.4 Å². The van der Waals surface area contributed by atoms with E-state index in [1.54, 1.807) is 11.1 Å². The highest BCUT2D eigenvalue weighted by molar-refractivity contribution is 5.89. The first-order chi connectivity index (χ1) is 10.4. The first-order valence-electron chi connectivity index (χ1n) is 7.52. The van der Waals surface area contributed by atoms with Crippen molar-refractivity contribution in [1.82, 2.24) is 10.1 Å². The summed E-state index contributed by atoms with van der Waals surface area (Å²) in [4.78, 5) is 14.1. The smallest absolute Gasteiger partial charge is 0.322 e. The lowest BCUT2D eigenvalue weighted by Crippen LogP contribution is -2.38. The normalized spacial score (nSPS) is 14.6. The monoisotopic (exact) mass is 299 g/mol. The first-order valence-corrected chi connectivity index (χ1v) is 7.52. The summed E-state index contributed by atoms with van der Waals surface area (Å²) in [5.74, 6) is 0.888. The third-order valence-corrected chi connectivity index (χ3v) is 3.99. The summed E-state index contributed by atoms with van der Waals surface area (Å²) in [6, 6.07) is 7.93. The molecule has 0 atom stereocenters. The third-order valence-electron chi connectivity index (χ3n) is 3.99. The van der Waals surface area contributed by atoms with E-state index in [9.17, 15) is 4.79 Å². The van der Waals surface area contributed by atoms with Gasteiger partial charge >= 0.3 is 6.03 Å². The van der Waals surface area contributed by atoms with E-state index in [1.807, 2.05) is 12.1 Å². The van der Waals surface area contributed by atoms with Crippen molar-refractivity contribution in [1.29, 1.82) is 0 Å². The minimum absolute atomic E-state index is 0.0876. The van der Waals surface area contributed by atoms with Crippen LogP contribution < -0.4 is 5.32 Å². The van der Waals surface area contributed by atoms with E-state index >= 15 is 0 Å². The molecule has 116 valence electrons. The van der Waals surface area contributed by atoms with Gasteiger partial charge in [0.15, 0.2) is 0 Å². The number of aromatic nitrogens is 1. The molecule has 2 aromatic rings.